The van der Waals surface area contributed by atoms with Crippen molar-refractivity contribution in [3.63, 3.8) is 0 Å². The minimum absolute atomic E-state index is 0.0303. The summed E-state index contributed by atoms with van der Waals surface area (Å²) in [7, 11) is 1.41. The van der Waals surface area contributed by atoms with Gasteiger partial charge in [-0.05, 0) is 29.8 Å². The number of halogens is 1. The molecular weight excluding hydrogens is 370 g/mol. The van der Waals surface area contributed by atoms with Crippen molar-refractivity contribution in [3.05, 3.63) is 68.7 Å². The van der Waals surface area contributed by atoms with Crippen LogP contribution in [0.15, 0.2) is 42.5 Å². The highest BCUT2D eigenvalue weighted by Gasteiger charge is 2.23. The molecular formula is C19H20ClN3O4. The summed E-state index contributed by atoms with van der Waals surface area (Å²) in [4.78, 5) is 27.3. The van der Waals surface area contributed by atoms with E-state index in [0.717, 1.165) is 5.56 Å². The molecule has 1 heterocycles. The van der Waals surface area contributed by atoms with Gasteiger partial charge in [0.2, 0.25) is 0 Å². The van der Waals surface area contributed by atoms with Crippen LogP contribution < -0.4 is 4.74 Å². The molecule has 142 valence electrons. The van der Waals surface area contributed by atoms with Gasteiger partial charge in [0.25, 0.3) is 5.91 Å². The van der Waals surface area contributed by atoms with Crippen LogP contribution >= 0.6 is 11.6 Å². The lowest BCUT2D eigenvalue weighted by Crippen LogP contribution is -2.48. The van der Waals surface area contributed by atoms with Gasteiger partial charge < -0.3 is 9.64 Å². The summed E-state index contributed by atoms with van der Waals surface area (Å²) in [6.45, 7) is 3.19. The minimum atomic E-state index is -0.441. The van der Waals surface area contributed by atoms with Gasteiger partial charge in [0.1, 0.15) is 0 Å². The molecule has 0 aliphatic carbocycles. The lowest BCUT2D eigenvalue weighted by Gasteiger charge is -2.34. The molecule has 0 N–H and O–H groups in total. The van der Waals surface area contributed by atoms with Crippen LogP contribution in [0.2, 0.25) is 5.02 Å². The van der Waals surface area contributed by atoms with Crippen molar-refractivity contribution in [3.8, 4) is 5.75 Å². The van der Waals surface area contributed by atoms with E-state index in [2.05, 4.69) is 4.90 Å². The molecule has 1 amide bonds. The quantitative estimate of drug-likeness (QED) is 0.579. The second kappa shape index (κ2) is 8.37. The van der Waals surface area contributed by atoms with Crippen LogP contribution in [0.5, 0.6) is 5.75 Å². The van der Waals surface area contributed by atoms with Gasteiger partial charge in [-0.25, -0.2) is 0 Å². The SMILES string of the molecule is COc1ccc(CN2CCN(C(=O)c3cccc(Cl)c3)CC2)cc1[N+](=O)[O-]. The van der Waals surface area contributed by atoms with Crippen molar-refractivity contribution in [1.29, 1.82) is 0 Å². The van der Waals surface area contributed by atoms with Crippen LogP contribution in [0, 0.1) is 10.1 Å². The summed E-state index contributed by atoms with van der Waals surface area (Å²) >= 11 is 5.96. The maximum absolute atomic E-state index is 12.6. The maximum atomic E-state index is 12.6. The van der Waals surface area contributed by atoms with E-state index in [4.69, 9.17) is 16.3 Å². The highest BCUT2D eigenvalue weighted by atomic mass is 35.5. The number of nitrogens with zero attached hydrogens (tertiary/aromatic N) is 3. The molecule has 1 aliphatic heterocycles. The third-order valence-corrected chi connectivity index (χ3v) is 4.81. The van der Waals surface area contributed by atoms with E-state index < -0.39 is 4.92 Å². The normalized spacial score (nSPS) is 14.8. The van der Waals surface area contributed by atoms with Crippen LogP contribution in [0.4, 0.5) is 5.69 Å². The molecule has 1 fully saturated rings. The summed E-state index contributed by atoms with van der Waals surface area (Å²) in [5.74, 6) is 0.220. The zero-order chi connectivity index (χ0) is 19.4. The number of rotatable bonds is 5. The van der Waals surface area contributed by atoms with Gasteiger partial charge in [-0.1, -0.05) is 23.7 Å². The van der Waals surface area contributed by atoms with Crippen LogP contribution in [0.25, 0.3) is 0 Å². The zero-order valence-corrected chi connectivity index (χ0v) is 15.7. The average molecular weight is 390 g/mol. The first kappa shape index (κ1) is 19.1. The molecule has 0 radical (unpaired) electrons. The number of carbonyl (C=O) groups is 1. The van der Waals surface area contributed by atoms with Gasteiger partial charge in [-0.15, -0.1) is 0 Å². The molecule has 0 bridgehead atoms. The first-order valence-corrected chi connectivity index (χ1v) is 8.94. The summed E-state index contributed by atoms with van der Waals surface area (Å²) in [6, 6.07) is 11.9. The summed E-state index contributed by atoms with van der Waals surface area (Å²) in [5.41, 5.74) is 1.39. The van der Waals surface area contributed by atoms with Crippen molar-refractivity contribution in [2.75, 3.05) is 33.3 Å². The van der Waals surface area contributed by atoms with Crippen LogP contribution in [0.1, 0.15) is 15.9 Å². The molecule has 2 aromatic rings. The molecule has 0 saturated carbocycles. The molecule has 0 unspecified atom stereocenters. The number of benzene rings is 2. The van der Waals surface area contributed by atoms with Crippen molar-refractivity contribution >= 4 is 23.2 Å². The predicted octanol–water partition coefficient (Wildman–Crippen LogP) is 3.21. The number of hydrogen-bond donors (Lipinski definition) is 0. The standard InChI is InChI=1S/C19H20ClN3O4/c1-27-18-6-5-14(11-17(18)23(25)26)13-21-7-9-22(10-8-21)19(24)15-3-2-4-16(20)12-15/h2-6,11-12H,7-10,13H2,1H3. The third kappa shape index (κ3) is 4.56. The number of nitro groups is 1. The van der Waals surface area contributed by atoms with Gasteiger partial charge in [0, 0.05) is 49.4 Å². The molecule has 0 atom stereocenters. The summed E-state index contributed by atoms with van der Waals surface area (Å²) < 4.78 is 5.03. The fourth-order valence-corrected chi connectivity index (χ4v) is 3.34. The van der Waals surface area contributed by atoms with Gasteiger partial charge >= 0.3 is 5.69 Å². The lowest BCUT2D eigenvalue weighted by molar-refractivity contribution is -0.385. The summed E-state index contributed by atoms with van der Waals surface area (Å²) in [6.07, 6.45) is 0. The molecule has 1 saturated heterocycles. The maximum Gasteiger partial charge on any atom is 0.311 e. The number of ether oxygens (including phenoxy) is 1. The number of carbonyl (C=O) groups excluding carboxylic acids is 1. The van der Waals surface area contributed by atoms with E-state index in [9.17, 15) is 14.9 Å². The Bertz CT molecular complexity index is 851. The van der Waals surface area contributed by atoms with Gasteiger partial charge in [0.15, 0.2) is 5.75 Å². The first-order valence-electron chi connectivity index (χ1n) is 8.56. The number of methoxy groups -OCH3 is 1. The number of nitro benzene ring substituents is 1. The molecule has 3 rings (SSSR count). The van der Waals surface area contributed by atoms with Gasteiger partial charge in [-0.2, -0.15) is 0 Å². The molecule has 1 aliphatic rings. The Kier molecular flexibility index (Phi) is 5.93. The van der Waals surface area contributed by atoms with Crippen LogP contribution in [0.3, 0.4) is 0 Å². The fraction of sp³-hybridized carbons (Fsp3) is 0.316. The number of hydrogen-bond acceptors (Lipinski definition) is 5. The molecule has 0 aromatic heterocycles. The van der Waals surface area contributed by atoms with Crippen molar-refractivity contribution in [1.82, 2.24) is 9.80 Å². The fourth-order valence-electron chi connectivity index (χ4n) is 3.15. The van der Waals surface area contributed by atoms with E-state index in [1.54, 1.807) is 41.3 Å². The van der Waals surface area contributed by atoms with Gasteiger partial charge in [0.05, 0.1) is 12.0 Å². The van der Waals surface area contributed by atoms with Crippen LogP contribution in [-0.4, -0.2) is 53.9 Å². The predicted molar refractivity (Wildman–Crippen MR) is 102 cm³/mol. The monoisotopic (exact) mass is 389 g/mol. The first-order chi connectivity index (χ1) is 13.0. The third-order valence-electron chi connectivity index (χ3n) is 4.58. The second-order valence-electron chi connectivity index (χ2n) is 6.34. The van der Waals surface area contributed by atoms with Crippen LogP contribution in [-0.2, 0) is 6.54 Å². The Morgan fingerprint density at radius 3 is 2.56 bits per heavy atom. The smallest absolute Gasteiger partial charge is 0.311 e. The zero-order valence-electron chi connectivity index (χ0n) is 14.9. The average Bonchev–Trinajstić information content (AvgIpc) is 2.68. The molecule has 2 aromatic carbocycles. The van der Waals surface area contributed by atoms with Crippen molar-refractivity contribution in [2.45, 2.75) is 6.54 Å². The van der Waals surface area contributed by atoms with E-state index in [-0.39, 0.29) is 17.3 Å². The highest BCUT2D eigenvalue weighted by molar-refractivity contribution is 6.30. The topological polar surface area (TPSA) is 75.9 Å². The Morgan fingerprint density at radius 2 is 1.93 bits per heavy atom. The van der Waals surface area contributed by atoms with E-state index in [1.165, 1.54) is 7.11 Å². The van der Waals surface area contributed by atoms with E-state index in [0.29, 0.717) is 43.3 Å². The van der Waals surface area contributed by atoms with E-state index in [1.807, 2.05) is 6.07 Å². The summed E-state index contributed by atoms with van der Waals surface area (Å²) in [5, 5.41) is 11.7. The Morgan fingerprint density at radius 1 is 1.19 bits per heavy atom. The molecule has 27 heavy (non-hydrogen) atoms. The largest absolute Gasteiger partial charge is 0.490 e. The Hall–Kier alpha value is -2.64. The molecule has 8 heteroatoms. The number of amides is 1. The highest BCUT2D eigenvalue weighted by Crippen LogP contribution is 2.28. The van der Waals surface area contributed by atoms with E-state index >= 15 is 0 Å². The van der Waals surface area contributed by atoms with Crippen molar-refractivity contribution in [2.24, 2.45) is 0 Å². The second-order valence-corrected chi connectivity index (χ2v) is 6.78. The Balaban J connectivity index is 1.60. The minimum Gasteiger partial charge on any atom is -0.490 e. The number of piperazine rings is 1. The van der Waals surface area contributed by atoms with Crippen molar-refractivity contribution < 1.29 is 14.5 Å². The molecule has 7 nitrogen and oxygen atoms in total. The lowest BCUT2D eigenvalue weighted by atomic mass is 10.1. The molecule has 0 spiro atoms. The Labute approximate surface area is 162 Å². The van der Waals surface area contributed by atoms with Gasteiger partial charge in [-0.3, -0.25) is 19.8 Å².